The molecule has 0 aliphatic carbocycles. The molecule has 0 bridgehead atoms. The van der Waals surface area contributed by atoms with Crippen LogP contribution in [0.1, 0.15) is 169 Å². The molecule has 2 unspecified atom stereocenters. The van der Waals surface area contributed by atoms with E-state index in [1.807, 2.05) is 13.8 Å². The zero-order valence-electron chi connectivity index (χ0n) is 35.5. The number of ether oxygens (including phenoxy) is 4. The van der Waals surface area contributed by atoms with Gasteiger partial charge < -0.3 is 33.8 Å². The molecule has 0 aromatic heterocycles. The molecule has 342 valence electrons. The van der Waals surface area contributed by atoms with E-state index in [9.17, 15) is 43.2 Å². The van der Waals surface area contributed by atoms with E-state index in [0.717, 1.165) is 57.8 Å². The minimum Gasteiger partial charge on any atom is -0.462 e. The van der Waals surface area contributed by atoms with Crippen LogP contribution in [0.5, 0.6) is 0 Å². The standard InChI is InChI=1S/C39H74O17P2/c1-5-9-13-15-16-17-18-20-21-25-37(42)50-30-35(56-39(44)26-22-19-14-10-6-2)32-54-58(47,48)52-28-33(40)27-51-57(45,46)53-31-34(55-38(43)24-12-8-4)29-49-36(41)23-11-7-3/h33-35,40H,5-32H2,1-4H3,(H,45,46)(H,47,48)/t33-,34+,35+/m0/s1. The molecular formula is C39H74O17P2. The molecular weight excluding hydrogens is 802 g/mol. The van der Waals surface area contributed by atoms with Crippen molar-refractivity contribution in [1.29, 1.82) is 0 Å². The number of phosphoric ester groups is 2. The first-order valence-corrected chi connectivity index (χ1v) is 24.3. The zero-order chi connectivity index (χ0) is 43.5. The van der Waals surface area contributed by atoms with Crippen molar-refractivity contribution in [2.75, 3.05) is 39.6 Å². The van der Waals surface area contributed by atoms with Crippen molar-refractivity contribution in [3.05, 3.63) is 0 Å². The number of aliphatic hydroxyl groups is 1. The van der Waals surface area contributed by atoms with Gasteiger partial charge in [0.25, 0.3) is 0 Å². The summed E-state index contributed by atoms with van der Waals surface area (Å²) in [6.45, 7) is 4.03. The van der Waals surface area contributed by atoms with Gasteiger partial charge in [-0.3, -0.25) is 37.3 Å². The Kier molecular flexibility index (Phi) is 34.6. The second-order valence-electron chi connectivity index (χ2n) is 14.3. The van der Waals surface area contributed by atoms with E-state index in [0.29, 0.717) is 25.7 Å². The summed E-state index contributed by atoms with van der Waals surface area (Å²) in [5, 5.41) is 10.2. The van der Waals surface area contributed by atoms with Gasteiger partial charge in [-0.2, -0.15) is 0 Å². The van der Waals surface area contributed by atoms with Gasteiger partial charge in [0.15, 0.2) is 12.2 Å². The summed E-state index contributed by atoms with van der Waals surface area (Å²) in [6, 6.07) is 0. The van der Waals surface area contributed by atoms with E-state index < -0.39 is 97.5 Å². The fourth-order valence-corrected chi connectivity index (χ4v) is 6.75. The lowest BCUT2D eigenvalue weighted by Crippen LogP contribution is -2.30. The van der Waals surface area contributed by atoms with E-state index in [1.54, 1.807) is 0 Å². The average Bonchev–Trinajstić information content (AvgIpc) is 3.19. The van der Waals surface area contributed by atoms with E-state index in [2.05, 4.69) is 13.8 Å². The maximum absolute atomic E-state index is 12.6. The van der Waals surface area contributed by atoms with Gasteiger partial charge in [0.05, 0.1) is 26.4 Å². The predicted molar refractivity (Wildman–Crippen MR) is 215 cm³/mol. The van der Waals surface area contributed by atoms with E-state index in [-0.39, 0.29) is 25.7 Å². The minimum absolute atomic E-state index is 0.0760. The van der Waals surface area contributed by atoms with Crippen molar-refractivity contribution in [2.45, 2.75) is 187 Å². The molecule has 0 radical (unpaired) electrons. The lowest BCUT2D eigenvalue weighted by atomic mass is 10.1. The second-order valence-corrected chi connectivity index (χ2v) is 17.2. The van der Waals surface area contributed by atoms with Crippen molar-refractivity contribution in [1.82, 2.24) is 0 Å². The Balaban J connectivity index is 4.99. The monoisotopic (exact) mass is 876 g/mol. The van der Waals surface area contributed by atoms with Gasteiger partial charge in [0.1, 0.15) is 19.3 Å². The Morgan fingerprint density at radius 3 is 1.09 bits per heavy atom. The summed E-state index contributed by atoms with van der Waals surface area (Å²) in [5.74, 6) is -2.26. The van der Waals surface area contributed by atoms with Crippen LogP contribution in [-0.4, -0.2) is 96.7 Å². The fraction of sp³-hybridized carbons (Fsp3) is 0.897. The van der Waals surface area contributed by atoms with Gasteiger partial charge in [0.2, 0.25) is 0 Å². The molecule has 5 atom stereocenters. The van der Waals surface area contributed by atoms with Crippen molar-refractivity contribution >= 4 is 39.5 Å². The molecule has 0 aliphatic rings. The highest BCUT2D eigenvalue weighted by molar-refractivity contribution is 7.47. The largest absolute Gasteiger partial charge is 0.472 e. The first kappa shape index (κ1) is 56.1. The lowest BCUT2D eigenvalue weighted by molar-refractivity contribution is -0.161. The van der Waals surface area contributed by atoms with E-state index in [4.69, 9.17) is 37.0 Å². The third kappa shape index (κ3) is 34.9. The van der Waals surface area contributed by atoms with Gasteiger partial charge in [0, 0.05) is 25.7 Å². The minimum atomic E-state index is -4.90. The van der Waals surface area contributed by atoms with Crippen LogP contribution in [0.2, 0.25) is 0 Å². The molecule has 0 fully saturated rings. The first-order chi connectivity index (χ1) is 27.7. The molecule has 0 aliphatic heterocycles. The van der Waals surface area contributed by atoms with E-state index in [1.165, 1.54) is 32.1 Å². The molecule has 19 heteroatoms. The van der Waals surface area contributed by atoms with Crippen LogP contribution >= 0.6 is 15.6 Å². The quantitative estimate of drug-likeness (QED) is 0.0228. The summed E-state index contributed by atoms with van der Waals surface area (Å²) in [6.07, 6.45) is 13.1. The number of phosphoric acid groups is 2. The number of hydrogen-bond acceptors (Lipinski definition) is 15. The molecule has 17 nitrogen and oxygen atoms in total. The van der Waals surface area contributed by atoms with Gasteiger partial charge >= 0.3 is 39.5 Å². The Morgan fingerprint density at radius 2 is 0.707 bits per heavy atom. The molecule has 3 N–H and O–H groups in total. The number of rotatable bonds is 40. The lowest BCUT2D eigenvalue weighted by Gasteiger charge is -2.21. The Hall–Kier alpha value is -1.94. The van der Waals surface area contributed by atoms with Gasteiger partial charge in [-0.1, -0.05) is 118 Å². The second kappa shape index (κ2) is 35.8. The number of carbonyl (C=O) groups excluding carboxylic acids is 4. The summed E-state index contributed by atoms with van der Waals surface area (Å²) in [7, 11) is -9.78. The maximum atomic E-state index is 12.6. The molecule has 0 aromatic rings. The predicted octanol–water partition coefficient (Wildman–Crippen LogP) is 8.19. The third-order valence-corrected chi connectivity index (χ3v) is 10.5. The van der Waals surface area contributed by atoms with Crippen LogP contribution in [-0.2, 0) is 65.4 Å². The molecule has 0 rings (SSSR count). The maximum Gasteiger partial charge on any atom is 0.472 e. The smallest absolute Gasteiger partial charge is 0.462 e. The molecule has 0 spiro atoms. The molecule has 0 aromatic carbocycles. The summed E-state index contributed by atoms with van der Waals surface area (Å²) in [4.78, 5) is 69.4. The molecule has 0 amide bonds. The van der Waals surface area contributed by atoms with Crippen molar-refractivity contribution < 1.29 is 80.2 Å². The van der Waals surface area contributed by atoms with E-state index >= 15 is 0 Å². The highest BCUT2D eigenvalue weighted by Gasteiger charge is 2.30. The Morgan fingerprint density at radius 1 is 0.414 bits per heavy atom. The summed E-state index contributed by atoms with van der Waals surface area (Å²) >= 11 is 0. The highest BCUT2D eigenvalue weighted by Crippen LogP contribution is 2.45. The number of unbranched alkanes of at least 4 members (excludes halogenated alkanes) is 14. The fourth-order valence-electron chi connectivity index (χ4n) is 5.17. The Bertz CT molecular complexity index is 1190. The zero-order valence-corrected chi connectivity index (χ0v) is 37.3. The van der Waals surface area contributed by atoms with Crippen LogP contribution in [0.25, 0.3) is 0 Å². The van der Waals surface area contributed by atoms with Gasteiger partial charge in [-0.15, -0.1) is 0 Å². The molecule has 58 heavy (non-hydrogen) atoms. The normalized spacial score (nSPS) is 15.1. The topological polar surface area (TPSA) is 237 Å². The number of hydrogen-bond donors (Lipinski definition) is 3. The van der Waals surface area contributed by atoms with Crippen molar-refractivity contribution in [2.24, 2.45) is 0 Å². The highest BCUT2D eigenvalue weighted by atomic mass is 31.2. The van der Waals surface area contributed by atoms with Crippen LogP contribution < -0.4 is 0 Å². The third-order valence-electron chi connectivity index (χ3n) is 8.60. The molecule has 0 saturated carbocycles. The van der Waals surface area contributed by atoms with Gasteiger partial charge in [-0.05, 0) is 25.7 Å². The van der Waals surface area contributed by atoms with Crippen LogP contribution in [0.3, 0.4) is 0 Å². The Labute approximate surface area is 346 Å². The summed E-state index contributed by atoms with van der Waals surface area (Å²) < 4.78 is 65.6. The number of carbonyl (C=O) groups is 4. The first-order valence-electron chi connectivity index (χ1n) is 21.3. The van der Waals surface area contributed by atoms with Crippen LogP contribution in [0.4, 0.5) is 0 Å². The molecule has 0 heterocycles. The van der Waals surface area contributed by atoms with Crippen molar-refractivity contribution in [3.63, 3.8) is 0 Å². The number of esters is 4. The average molecular weight is 877 g/mol. The van der Waals surface area contributed by atoms with Gasteiger partial charge in [-0.25, -0.2) is 9.13 Å². The SMILES string of the molecule is CCCCCCCCCCCC(=O)OC[C@H](COP(=O)(O)OC[C@@H](O)COP(=O)(O)OC[C@@H](COC(=O)CCCC)OC(=O)CCCC)OC(=O)CCCCCCC. The van der Waals surface area contributed by atoms with Crippen LogP contribution in [0, 0.1) is 0 Å². The molecule has 0 saturated heterocycles. The summed E-state index contributed by atoms with van der Waals surface area (Å²) in [5.41, 5.74) is 0. The van der Waals surface area contributed by atoms with Crippen molar-refractivity contribution in [3.8, 4) is 0 Å². The van der Waals surface area contributed by atoms with Crippen LogP contribution in [0.15, 0.2) is 0 Å². The number of aliphatic hydroxyl groups excluding tert-OH is 1.